The molecule has 1 aromatic rings. The number of hydrogen-bond donors (Lipinski definition) is 0. The number of nitrogens with zero attached hydrogens (tertiary/aromatic N) is 2. The zero-order valence-electron chi connectivity index (χ0n) is 13.6. The van der Waals surface area contributed by atoms with Crippen molar-refractivity contribution in [2.24, 2.45) is 0 Å². The molecular formula is C16H12BrIN2O6. The Hall–Kier alpha value is -2.21. The monoisotopic (exact) mass is 534 g/mol. The molecule has 0 aliphatic carbocycles. The fraction of sp³-hybridized carbons (Fsp3) is 0.125. The van der Waals surface area contributed by atoms with E-state index in [0.717, 1.165) is 7.11 Å². The van der Waals surface area contributed by atoms with E-state index in [2.05, 4.69) is 15.9 Å². The van der Waals surface area contributed by atoms with Crippen LogP contribution in [0.4, 0.5) is 11.4 Å². The van der Waals surface area contributed by atoms with Gasteiger partial charge in [-0.25, -0.2) is 9.59 Å². The number of nitro groups is 1. The van der Waals surface area contributed by atoms with Crippen molar-refractivity contribution in [2.75, 3.05) is 19.1 Å². The van der Waals surface area contributed by atoms with Gasteiger partial charge < -0.3 is 14.4 Å². The molecule has 0 aromatic heterocycles. The van der Waals surface area contributed by atoms with E-state index in [-0.39, 0.29) is 22.6 Å². The third-order valence-electron chi connectivity index (χ3n) is 3.38. The predicted octanol–water partition coefficient (Wildman–Crippen LogP) is 3.45. The second-order valence-electron chi connectivity index (χ2n) is 4.80. The molecule has 136 valence electrons. The van der Waals surface area contributed by atoms with Gasteiger partial charge in [-0.1, -0.05) is 6.08 Å². The summed E-state index contributed by atoms with van der Waals surface area (Å²) in [6, 6.07) is 3.08. The molecule has 8 nitrogen and oxygen atoms in total. The fourth-order valence-corrected chi connectivity index (χ4v) is 3.22. The van der Waals surface area contributed by atoms with Crippen molar-refractivity contribution >= 4 is 61.8 Å². The number of rotatable bonds is 4. The predicted molar refractivity (Wildman–Crippen MR) is 105 cm³/mol. The first-order valence-electron chi connectivity index (χ1n) is 7.00. The molecule has 0 radical (unpaired) electrons. The number of allylic oxidation sites excluding steroid dienone is 2. The van der Waals surface area contributed by atoms with Gasteiger partial charge in [-0.15, -0.1) is 0 Å². The van der Waals surface area contributed by atoms with Crippen LogP contribution in [0.5, 0.6) is 0 Å². The minimum atomic E-state index is -0.839. The van der Waals surface area contributed by atoms with Crippen LogP contribution in [0.25, 0.3) is 0 Å². The summed E-state index contributed by atoms with van der Waals surface area (Å²) in [4.78, 5) is 36.8. The van der Waals surface area contributed by atoms with E-state index in [9.17, 15) is 19.7 Å². The van der Waals surface area contributed by atoms with Crippen LogP contribution < -0.4 is 4.90 Å². The van der Waals surface area contributed by atoms with Crippen LogP contribution >= 0.6 is 38.5 Å². The SMILES string of the molecule is COC(=O)C1=C(C(=O)OC)N(c2ccc(Br)c(I)c2[N+](=O)[O-])C=CC=C1. The summed E-state index contributed by atoms with van der Waals surface area (Å²) < 4.78 is 10.4. The molecule has 0 bridgehead atoms. The largest absolute Gasteiger partial charge is 0.465 e. The molecule has 0 unspecified atom stereocenters. The average Bonchev–Trinajstić information content (AvgIpc) is 2.84. The van der Waals surface area contributed by atoms with Crippen molar-refractivity contribution < 1.29 is 24.0 Å². The normalized spacial score (nSPS) is 13.5. The Kier molecular flexibility index (Phi) is 6.53. The third kappa shape index (κ3) is 3.80. The number of halogens is 2. The van der Waals surface area contributed by atoms with Gasteiger partial charge in [0.15, 0.2) is 0 Å². The maximum absolute atomic E-state index is 12.4. The van der Waals surface area contributed by atoms with Gasteiger partial charge in [-0.2, -0.15) is 0 Å². The minimum Gasteiger partial charge on any atom is -0.465 e. The number of carbonyl (C=O) groups excluding carboxylic acids is 2. The van der Waals surface area contributed by atoms with E-state index in [1.165, 1.54) is 42.5 Å². The van der Waals surface area contributed by atoms with Crippen molar-refractivity contribution in [3.63, 3.8) is 0 Å². The van der Waals surface area contributed by atoms with E-state index < -0.39 is 16.9 Å². The zero-order valence-corrected chi connectivity index (χ0v) is 17.3. The maximum Gasteiger partial charge on any atom is 0.355 e. The van der Waals surface area contributed by atoms with Crippen LogP contribution in [0, 0.1) is 13.7 Å². The Morgan fingerprint density at radius 2 is 1.85 bits per heavy atom. The van der Waals surface area contributed by atoms with Gasteiger partial charge in [0.2, 0.25) is 0 Å². The van der Waals surface area contributed by atoms with Crippen molar-refractivity contribution in [2.45, 2.75) is 0 Å². The lowest BCUT2D eigenvalue weighted by atomic mass is 10.1. The molecule has 0 fully saturated rings. The smallest absolute Gasteiger partial charge is 0.355 e. The molecular weight excluding hydrogens is 523 g/mol. The molecule has 0 N–H and O–H groups in total. The second-order valence-corrected chi connectivity index (χ2v) is 6.74. The van der Waals surface area contributed by atoms with Crippen LogP contribution in [0.2, 0.25) is 0 Å². The Morgan fingerprint density at radius 3 is 2.42 bits per heavy atom. The first kappa shape index (κ1) is 20.1. The van der Waals surface area contributed by atoms with Crippen molar-refractivity contribution in [1.82, 2.24) is 0 Å². The van der Waals surface area contributed by atoms with E-state index >= 15 is 0 Å². The lowest BCUT2D eigenvalue weighted by molar-refractivity contribution is -0.385. The highest BCUT2D eigenvalue weighted by Crippen LogP contribution is 2.40. The fourth-order valence-electron chi connectivity index (χ4n) is 2.25. The molecule has 0 spiro atoms. The summed E-state index contributed by atoms with van der Waals surface area (Å²) in [5.74, 6) is -1.61. The number of benzene rings is 1. The van der Waals surface area contributed by atoms with Crippen LogP contribution in [0.3, 0.4) is 0 Å². The van der Waals surface area contributed by atoms with Crippen LogP contribution in [-0.2, 0) is 19.1 Å². The molecule has 1 aliphatic rings. The summed E-state index contributed by atoms with van der Waals surface area (Å²) in [6.45, 7) is 0. The lowest BCUT2D eigenvalue weighted by Gasteiger charge is -2.23. The molecule has 0 saturated heterocycles. The quantitative estimate of drug-likeness (QED) is 0.252. The average molecular weight is 535 g/mol. The summed E-state index contributed by atoms with van der Waals surface area (Å²) in [5, 5.41) is 11.6. The highest BCUT2D eigenvalue weighted by molar-refractivity contribution is 14.1. The van der Waals surface area contributed by atoms with Crippen molar-refractivity contribution in [3.05, 3.63) is 66.0 Å². The molecule has 0 atom stereocenters. The summed E-state index contributed by atoms with van der Waals surface area (Å²) in [5.41, 5.74) is -0.399. The van der Waals surface area contributed by atoms with Gasteiger partial charge in [0.1, 0.15) is 15.0 Å². The van der Waals surface area contributed by atoms with Gasteiger partial charge in [0.05, 0.1) is 24.7 Å². The molecule has 0 saturated carbocycles. The number of nitro benzene ring substituents is 1. The van der Waals surface area contributed by atoms with Crippen molar-refractivity contribution in [1.29, 1.82) is 0 Å². The summed E-state index contributed by atoms with van der Waals surface area (Å²) in [7, 11) is 2.33. The van der Waals surface area contributed by atoms with Crippen LogP contribution in [-0.4, -0.2) is 31.1 Å². The molecule has 26 heavy (non-hydrogen) atoms. The topological polar surface area (TPSA) is 99.0 Å². The number of esters is 2. The molecule has 0 amide bonds. The molecule has 1 aromatic carbocycles. The van der Waals surface area contributed by atoms with Crippen LogP contribution in [0.15, 0.2) is 52.3 Å². The molecule has 2 rings (SSSR count). The van der Waals surface area contributed by atoms with Gasteiger partial charge in [-0.05, 0) is 62.8 Å². The van der Waals surface area contributed by atoms with Gasteiger partial charge >= 0.3 is 17.6 Å². The Balaban J connectivity index is 2.82. The Bertz CT molecular complexity index is 878. The Morgan fingerprint density at radius 1 is 1.19 bits per heavy atom. The molecule has 1 aliphatic heterocycles. The van der Waals surface area contributed by atoms with E-state index in [0.29, 0.717) is 8.04 Å². The number of hydrogen-bond acceptors (Lipinski definition) is 7. The first-order valence-corrected chi connectivity index (χ1v) is 8.88. The molecule has 10 heteroatoms. The maximum atomic E-state index is 12.4. The highest BCUT2D eigenvalue weighted by atomic mass is 127. The van der Waals surface area contributed by atoms with Gasteiger partial charge in [0, 0.05) is 10.7 Å². The lowest BCUT2D eigenvalue weighted by Crippen LogP contribution is -2.27. The van der Waals surface area contributed by atoms with Crippen LogP contribution in [0.1, 0.15) is 0 Å². The van der Waals surface area contributed by atoms with Gasteiger partial charge in [-0.3, -0.25) is 10.1 Å². The van der Waals surface area contributed by atoms with E-state index in [1.54, 1.807) is 6.07 Å². The minimum absolute atomic E-state index is 0.0865. The third-order valence-corrected chi connectivity index (χ3v) is 5.87. The number of anilines is 1. The number of carbonyl (C=O) groups is 2. The number of methoxy groups -OCH3 is 2. The van der Waals surface area contributed by atoms with E-state index in [1.807, 2.05) is 22.6 Å². The summed E-state index contributed by atoms with van der Waals surface area (Å²) >= 11 is 5.09. The van der Waals surface area contributed by atoms with Crippen molar-refractivity contribution in [3.8, 4) is 0 Å². The molecule has 1 heterocycles. The van der Waals surface area contributed by atoms with E-state index in [4.69, 9.17) is 9.47 Å². The standard InChI is InChI=1S/C16H12BrIN2O6/c1-25-15(21)9-5-3-4-8-19(13(9)16(22)26-2)11-7-6-10(17)12(18)14(11)20(23)24/h3-8H,1-2H3. The Labute approximate surface area is 170 Å². The second kappa shape index (κ2) is 8.45. The first-order chi connectivity index (χ1) is 12.3. The number of ether oxygens (including phenoxy) is 2. The zero-order chi connectivity index (χ0) is 19.4. The summed E-state index contributed by atoms with van der Waals surface area (Å²) in [6.07, 6.45) is 5.87. The van der Waals surface area contributed by atoms with Gasteiger partial charge in [0.25, 0.3) is 0 Å². The highest BCUT2D eigenvalue weighted by Gasteiger charge is 2.32.